The molecule has 1 amide bonds. The van der Waals surface area contributed by atoms with Crippen LogP contribution in [0.25, 0.3) is 0 Å². The predicted octanol–water partition coefficient (Wildman–Crippen LogP) is 1.89. The number of carbonyl (C=O) groups is 1. The number of hydrogen-bond donors (Lipinski definition) is 0. The molecule has 0 radical (unpaired) electrons. The van der Waals surface area contributed by atoms with Gasteiger partial charge in [-0.15, -0.1) is 11.3 Å². The van der Waals surface area contributed by atoms with Crippen LogP contribution in [0, 0.1) is 18.3 Å². The number of carbonyl (C=O) groups excluding carboxylic acids is 1. The first-order chi connectivity index (χ1) is 12.3. The molecule has 1 aliphatic heterocycles. The predicted molar refractivity (Wildman–Crippen MR) is 87.6 cm³/mol. The average molecular weight is 384 g/mol. The minimum absolute atomic E-state index is 0.224. The summed E-state index contributed by atoms with van der Waals surface area (Å²) in [5.41, 5.74) is -0.348. The van der Waals surface area contributed by atoms with Crippen molar-refractivity contribution in [1.29, 1.82) is 5.26 Å². The number of halogens is 3. The largest absolute Gasteiger partial charge is 0.435 e. The van der Waals surface area contributed by atoms with Gasteiger partial charge in [0, 0.05) is 37.3 Å². The molecular formula is C15H15F3N6OS. The zero-order chi connectivity index (χ0) is 18.9. The molecule has 0 N–H and O–H groups in total. The highest BCUT2D eigenvalue weighted by atomic mass is 32.1. The molecule has 3 heterocycles. The van der Waals surface area contributed by atoms with Crippen molar-refractivity contribution in [2.45, 2.75) is 19.6 Å². The summed E-state index contributed by atoms with van der Waals surface area (Å²) in [5, 5.41) is 14.7. The number of anilines is 1. The maximum atomic E-state index is 12.7. The van der Waals surface area contributed by atoms with Crippen molar-refractivity contribution in [3.05, 3.63) is 28.5 Å². The van der Waals surface area contributed by atoms with Crippen molar-refractivity contribution in [1.82, 2.24) is 19.7 Å². The van der Waals surface area contributed by atoms with Crippen molar-refractivity contribution in [3.8, 4) is 6.07 Å². The van der Waals surface area contributed by atoms with Crippen LogP contribution >= 0.6 is 11.3 Å². The van der Waals surface area contributed by atoms with E-state index >= 15 is 0 Å². The lowest BCUT2D eigenvalue weighted by atomic mass is 10.3. The molecule has 0 aromatic carbocycles. The van der Waals surface area contributed by atoms with Gasteiger partial charge in [0.1, 0.15) is 12.6 Å². The van der Waals surface area contributed by atoms with Gasteiger partial charge in [-0.05, 0) is 13.0 Å². The lowest BCUT2D eigenvalue weighted by Gasteiger charge is -2.34. The van der Waals surface area contributed by atoms with E-state index in [-0.39, 0.29) is 18.1 Å². The molecule has 0 spiro atoms. The molecule has 2 aromatic heterocycles. The monoisotopic (exact) mass is 384 g/mol. The van der Waals surface area contributed by atoms with E-state index in [1.54, 1.807) is 10.3 Å². The minimum atomic E-state index is -4.53. The van der Waals surface area contributed by atoms with Gasteiger partial charge < -0.3 is 9.80 Å². The Hall–Kier alpha value is -2.61. The quantitative estimate of drug-likeness (QED) is 0.808. The van der Waals surface area contributed by atoms with Gasteiger partial charge in [-0.3, -0.25) is 9.48 Å². The Kier molecular flexibility index (Phi) is 4.86. The molecule has 2 aromatic rings. The van der Waals surface area contributed by atoms with Gasteiger partial charge in [0.25, 0.3) is 0 Å². The number of amides is 1. The van der Waals surface area contributed by atoms with Crippen LogP contribution in [0.4, 0.5) is 18.3 Å². The van der Waals surface area contributed by atoms with Gasteiger partial charge >= 0.3 is 6.18 Å². The molecule has 11 heteroatoms. The van der Waals surface area contributed by atoms with Crippen LogP contribution in [-0.4, -0.2) is 51.8 Å². The Morgan fingerprint density at radius 2 is 2.04 bits per heavy atom. The van der Waals surface area contributed by atoms with Gasteiger partial charge in [0.15, 0.2) is 16.5 Å². The highest BCUT2D eigenvalue weighted by Crippen LogP contribution is 2.28. The van der Waals surface area contributed by atoms with Gasteiger partial charge in [0.2, 0.25) is 5.91 Å². The third kappa shape index (κ3) is 3.80. The van der Waals surface area contributed by atoms with Crippen molar-refractivity contribution < 1.29 is 18.0 Å². The molecule has 26 heavy (non-hydrogen) atoms. The molecular weight excluding hydrogens is 369 g/mol. The summed E-state index contributed by atoms with van der Waals surface area (Å²) in [5.74, 6) is -0.276. The van der Waals surface area contributed by atoms with Crippen molar-refractivity contribution in [2.24, 2.45) is 0 Å². The first kappa shape index (κ1) is 18.2. The zero-order valence-corrected chi connectivity index (χ0v) is 14.6. The van der Waals surface area contributed by atoms with Gasteiger partial charge in [-0.2, -0.15) is 23.5 Å². The number of hydrogen-bond acceptors (Lipinski definition) is 6. The fourth-order valence-corrected chi connectivity index (χ4v) is 3.45. The lowest BCUT2D eigenvalue weighted by molar-refractivity contribution is -0.142. The Morgan fingerprint density at radius 1 is 1.35 bits per heavy atom. The topological polar surface area (TPSA) is 78.1 Å². The summed E-state index contributed by atoms with van der Waals surface area (Å²) in [7, 11) is 0. The number of nitriles is 1. The van der Waals surface area contributed by atoms with Crippen molar-refractivity contribution in [3.63, 3.8) is 0 Å². The van der Waals surface area contributed by atoms with Crippen molar-refractivity contribution >= 4 is 22.4 Å². The van der Waals surface area contributed by atoms with Crippen LogP contribution in [0.5, 0.6) is 0 Å². The van der Waals surface area contributed by atoms with Crippen molar-refractivity contribution in [2.75, 3.05) is 31.1 Å². The van der Waals surface area contributed by atoms with E-state index < -0.39 is 11.9 Å². The van der Waals surface area contributed by atoms with E-state index in [4.69, 9.17) is 5.26 Å². The maximum Gasteiger partial charge on any atom is 0.435 e. The third-order valence-corrected chi connectivity index (χ3v) is 4.97. The zero-order valence-electron chi connectivity index (χ0n) is 13.8. The highest BCUT2D eigenvalue weighted by molar-refractivity contribution is 7.13. The molecule has 7 nitrogen and oxygen atoms in total. The number of aromatic nitrogens is 3. The van der Waals surface area contributed by atoms with E-state index in [2.05, 4.69) is 10.1 Å². The molecule has 0 bridgehead atoms. The molecule has 0 aliphatic carbocycles. The Morgan fingerprint density at radius 3 is 2.58 bits per heavy atom. The van der Waals surface area contributed by atoms with Crippen LogP contribution in [0.3, 0.4) is 0 Å². The standard InChI is InChI=1S/C15H15F3N6OS/c1-10-6-12(15(16,17)18)21-24(10)8-13(25)22-2-4-23(5-3-22)14-20-11(7-19)9-26-14/h6,9H,2-5,8H2,1H3. The summed E-state index contributed by atoms with van der Waals surface area (Å²) >= 11 is 1.37. The molecule has 0 atom stereocenters. The first-order valence-electron chi connectivity index (χ1n) is 7.78. The Balaban J connectivity index is 1.59. The van der Waals surface area contributed by atoms with Gasteiger partial charge in [-0.1, -0.05) is 0 Å². The molecule has 0 unspecified atom stereocenters. The second-order valence-corrected chi connectivity index (χ2v) is 6.66. The number of thiazole rings is 1. The van der Waals surface area contributed by atoms with E-state index in [0.717, 1.165) is 15.9 Å². The minimum Gasteiger partial charge on any atom is -0.345 e. The average Bonchev–Trinajstić information content (AvgIpc) is 3.22. The Labute approximate surface area is 151 Å². The van der Waals surface area contributed by atoms with Crippen LogP contribution < -0.4 is 4.90 Å². The highest BCUT2D eigenvalue weighted by Gasteiger charge is 2.34. The molecule has 138 valence electrons. The first-order valence-corrected chi connectivity index (χ1v) is 8.66. The fourth-order valence-electron chi connectivity index (χ4n) is 2.64. The number of aryl methyl sites for hydroxylation is 1. The smallest absolute Gasteiger partial charge is 0.345 e. The van der Waals surface area contributed by atoms with E-state index in [9.17, 15) is 18.0 Å². The van der Waals surface area contributed by atoms with Gasteiger partial charge in [-0.25, -0.2) is 4.98 Å². The summed E-state index contributed by atoms with van der Waals surface area (Å²) in [4.78, 5) is 20.2. The third-order valence-electron chi connectivity index (χ3n) is 4.07. The van der Waals surface area contributed by atoms with Crippen LogP contribution in [-0.2, 0) is 17.5 Å². The number of nitrogens with zero attached hydrogens (tertiary/aromatic N) is 6. The lowest BCUT2D eigenvalue weighted by Crippen LogP contribution is -2.49. The van der Waals surface area contributed by atoms with Gasteiger partial charge in [0.05, 0.1) is 0 Å². The summed E-state index contributed by atoms with van der Waals surface area (Å²) in [6.45, 7) is 3.24. The number of alkyl halides is 3. The SMILES string of the molecule is Cc1cc(C(F)(F)F)nn1CC(=O)N1CCN(c2nc(C#N)cs2)CC1. The van der Waals surface area contributed by atoms with Crippen LogP contribution in [0.15, 0.2) is 11.4 Å². The summed E-state index contributed by atoms with van der Waals surface area (Å²) in [6.07, 6.45) is -4.53. The number of piperazine rings is 1. The maximum absolute atomic E-state index is 12.7. The normalized spacial score (nSPS) is 15.2. The molecule has 0 saturated carbocycles. The fraction of sp³-hybridized carbons (Fsp3) is 0.467. The second kappa shape index (κ2) is 6.95. The molecule has 1 saturated heterocycles. The summed E-state index contributed by atoms with van der Waals surface area (Å²) in [6, 6.07) is 2.91. The van der Waals surface area contributed by atoms with E-state index in [1.165, 1.54) is 18.3 Å². The Bertz CT molecular complexity index is 844. The molecule has 3 rings (SSSR count). The summed E-state index contributed by atoms with van der Waals surface area (Å²) < 4.78 is 39.2. The van der Waals surface area contributed by atoms with Crippen LogP contribution in [0.1, 0.15) is 17.1 Å². The van der Waals surface area contributed by atoms with E-state index in [1.807, 2.05) is 11.0 Å². The second-order valence-electron chi connectivity index (χ2n) is 5.82. The van der Waals surface area contributed by atoms with Crippen LogP contribution in [0.2, 0.25) is 0 Å². The van der Waals surface area contributed by atoms with E-state index in [0.29, 0.717) is 31.9 Å². The molecule has 1 fully saturated rings. The number of rotatable bonds is 3. The molecule has 1 aliphatic rings.